The minimum atomic E-state index is -0.246. The highest BCUT2D eigenvalue weighted by molar-refractivity contribution is 5.74. The number of hydrogen-bond donors (Lipinski definition) is 1. The molecule has 0 amide bonds. The highest BCUT2D eigenvalue weighted by Gasteiger charge is 2.17. The van der Waals surface area contributed by atoms with Gasteiger partial charge in [0.05, 0.1) is 6.10 Å². The summed E-state index contributed by atoms with van der Waals surface area (Å²) in [6.07, 6.45) is 2.14. The third kappa shape index (κ3) is 4.07. The summed E-state index contributed by atoms with van der Waals surface area (Å²) in [6, 6.07) is 9.59. The predicted octanol–water partition coefficient (Wildman–Crippen LogP) is 1.82. The summed E-state index contributed by atoms with van der Waals surface area (Å²) in [5.41, 5.74) is 0.918. The van der Waals surface area contributed by atoms with Crippen LogP contribution in [0.25, 0.3) is 0 Å². The molecule has 17 heavy (non-hydrogen) atoms. The Morgan fingerprint density at radius 1 is 1.41 bits per heavy atom. The molecule has 0 spiro atoms. The van der Waals surface area contributed by atoms with Gasteiger partial charge in [-0.2, -0.15) is 0 Å². The van der Waals surface area contributed by atoms with Crippen LogP contribution in [-0.4, -0.2) is 31.8 Å². The summed E-state index contributed by atoms with van der Waals surface area (Å²) < 4.78 is 10.5. The van der Waals surface area contributed by atoms with E-state index in [2.05, 4.69) is 5.32 Å². The molecule has 4 heteroatoms. The Bertz CT molecular complexity index is 347. The molecule has 1 atom stereocenters. The molecule has 92 valence electrons. The summed E-state index contributed by atoms with van der Waals surface area (Å²) >= 11 is 0. The van der Waals surface area contributed by atoms with Gasteiger partial charge >= 0.3 is 5.97 Å². The monoisotopic (exact) mass is 235 g/mol. The fraction of sp³-hybridized carbons (Fsp3) is 0.462. The number of rotatable bonds is 5. The largest absolute Gasteiger partial charge is 0.462 e. The Morgan fingerprint density at radius 3 is 2.94 bits per heavy atom. The van der Waals surface area contributed by atoms with Gasteiger partial charge in [0, 0.05) is 12.3 Å². The molecule has 1 aliphatic heterocycles. The van der Waals surface area contributed by atoms with Crippen LogP contribution in [0.5, 0.6) is 0 Å². The van der Waals surface area contributed by atoms with E-state index in [1.807, 2.05) is 30.3 Å². The maximum Gasteiger partial charge on any atom is 0.325 e. The zero-order chi connectivity index (χ0) is 11.9. The van der Waals surface area contributed by atoms with Crippen LogP contribution < -0.4 is 5.32 Å². The van der Waals surface area contributed by atoms with Crippen molar-refractivity contribution in [2.24, 2.45) is 0 Å². The summed E-state index contributed by atoms with van der Waals surface area (Å²) in [5, 5.41) is 3.00. The fourth-order valence-corrected chi connectivity index (χ4v) is 1.74. The van der Waals surface area contributed by atoms with Crippen LogP contribution in [0.1, 0.15) is 12.8 Å². The van der Waals surface area contributed by atoms with Crippen molar-refractivity contribution in [1.82, 2.24) is 0 Å². The van der Waals surface area contributed by atoms with Crippen molar-refractivity contribution in [3.05, 3.63) is 30.3 Å². The van der Waals surface area contributed by atoms with Crippen molar-refractivity contribution in [2.45, 2.75) is 18.9 Å². The number of hydrogen-bond acceptors (Lipinski definition) is 4. The lowest BCUT2D eigenvalue weighted by atomic mass is 10.2. The molecule has 1 N–H and O–H groups in total. The molecule has 0 radical (unpaired) electrons. The first-order valence-corrected chi connectivity index (χ1v) is 5.91. The van der Waals surface area contributed by atoms with Gasteiger partial charge in [-0.3, -0.25) is 4.79 Å². The Balaban J connectivity index is 1.64. The molecule has 1 unspecified atom stereocenters. The van der Waals surface area contributed by atoms with Crippen LogP contribution in [0.4, 0.5) is 5.69 Å². The molecule has 0 aliphatic carbocycles. The maximum atomic E-state index is 11.4. The Morgan fingerprint density at radius 2 is 2.24 bits per heavy atom. The van der Waals surface area contributed by atoms with Gasteiger partial charge in [0.1, 0.15) is 13.2 Å². The average Bonchev–Trinajstić information content (AvgIpc) is 2.88. The maximum absolute atomic E-state index is 11.4. The lowest BCUT2D eigenvalue weighted by Gasteiger charge is -2.10. The molecule has 1 heterocycles. The lowest BCUT2D eigenvalue weighted by molar-refractivity contribution is -0.144. The van der Waals surface area contributed by atoms with Crippen LogP contribution in [0.15, 0.2) is 30.3 Å². The summed E-state index contributed by atoms with van der Waals surface area (Å²) in [4.78, 5) is 11.4. The normalized spacial score (nSPS) is 18.9. The first kappa shape index (κ1) is 11.9. The van der Waals surface area contributed by atoms with E-state index in [4.69, 9.17) is 9.47 Å². The van der Waals surface area contributed by atoms with E-state index in [-0.39, 0.29) is 18.6 Å². The van der Waals surface area contributed by atoms with Gasteiger partial charge in [-0.25, -0.2) is 0 Å². The molecule has 2 rings (SSSR count). The molecule has 1 fully saturated rings. The van der Waals surface area contributed by atoms with Gasteiger partial charge in [-0.05, 0) is 25.0 Å². The van der Waals surface area contributed by atoms with Gasteiger partial charge in [0.25, 0.3) is 0 Å². The number of para-hydroxylation sites is 1. The predicted molar refractivity (Wildman–Crippen MR) is 64.9 cm³/mol. The van der Waals surface area contributed by atoms with Crippen molar-refractivity contribution < 1.29 is 14.3 Å². The van der Waals surface area contributed by atoms with Gasteiger partial charge in [-0.15, -0.1) is 0 Å². The Hall–Kier alpha value is -1.55. The van der Waals surface area contributed by atoms with Gasteiger partial charge in [-0.1, -0.05) is 18.2 Å². The molecule has 0 aromatic heterocycles. The molecule has 1 aliphatic rings. The van der Waals surface area contributed by atoms with Crippen molar-refractivity contribution >= 4 is 11.7 Å². The van der Waals surface area contributed by atoms with Crippen LogP contribution >= 0.6 is 0 Å². The van der Waals surface area contributed by atoms with Crippen LogP contribution in [0.2, 0.25) is 0 Å². The second-order valence-corrected chi connectivity index (χ2v) is 4.04. The van der Waals surface area contributed by atoms with E-state index in [0.717, 1.165) is 25.1 Å². The van der Waals surface area contributed by atoms with E-state index in [1.54, 1.807) is 0 Å². The zero-order valence-electron chi connectivity index (χ0n) is 9.72. The minimum absolute atomic E-state index is 0.0932. The van der Waals surface area contributed by atoms with Gasteiger partial charge < -0.3 is 14.8 Å². The first-order valence-electron chi connectivity index (χ1n) is 5.91. The molecule has 1 saturated heterocycles. The second-order valence-electron chi connectivity index (χ2n) is 4.04. The summed E-state index contributed by atoms with van der Waals surface area (Å²) in [7, 11) is 0. The smallest absolute Gasteiger partial charge is 0.325 e. The van der Waals surface area contributed by atoms with Crippen molar-refractivity contribution in [3.8, 4) is 0 Å². The fourth-order valence-electron chi connectivity index (χ4n) is 1.74. The molecular formula is C13H17NO3. The molecule has 1 aromatic carbocycles. The van der Waals surface area contributed by atoms with Gasteiger partial charge in [0.15, 0.2) is 0 Å². The van der Waals surface area contributed by atoms with E-state index in [0.29, 0.717) is 6.61 Å². The lowest BCUT2D eigenvalue weighted by Crippen LogP contribution is -2.22. The van der Waals surface area contributed by atoms with Crippen LogP contribution in [-0.2, 0) is 14.3 Å². The minimum Gasteiger partial charge on any atom is -0.462 e. The summed E-state index contributed by atoms with van der Waals surface area (Å²) in [6.45, 7) is 1.34. The number of carbonyl (C=O) groups is 1. The second kappa shape index (κ2) is 6.25. The number of anilines is 1. The van der Waals surface area contributed by atoms with Crippen LogP contribution in [0.3, 0.4) is 0 Å². The Labute approximate surface area is 101 Å². The average molecular weight is 235 g/mol. The molecule has 0 saturated carbocycles. The van der Waals surface area contributed by atoms with E-state index in [9.17, 15) is 4.79 Å². The van der Waals surface area contributed by atoms with E-state index >= 15 is 0 Å². The highest BCUT2D eigenvalue weighted by Crippen LogP contribution is 2.12. The Kier molecular flexibility index (Phi) is 4.38. The molecule has 4 nitrogen and oxygen atoms in total. The standard InChI is InChI=1S/C13H17NO3/c15-13(17-10-12-7-4-8-16-12)9-14-11-5-2-1-3-6-11/h1-3,5-6,12,14H,4,7-10H2. The van der Waals surface area contributed by atoms with E-state index in [1.165, 1.54) is 0 Å². The van der Waals surface area contributed by atoms with Crippen molar-refractivity contribution in [3.63, 3.8) is 0 Å². The quantitative estimate of drug-likeness (QED) is 0.791. The number of nitrogens with one attached hydrogen (secondary N) is 1. The molecule has 0 bridgehead atoms. The molecular weight excluding hydrogens is 218 g/mol. The number of benzene rings is 1. The number of esters is 1. The van der Waals surface area contributed by atoms with Crippen molar-refractivity contribution in [2.75, 3.05) is 25.1 Å². The first-order chi connectivity index (χ1) is 8.34. The number of ether oxygens (including phenoxy) is 2. The zero-order valence-corrected chi connectivity index (χ0v) is 9.72. The summed E-state index contributed by atoms with van der Waals surface area (Å²) in [5.74, 6) is -0.246. The van der Waals surface area contributed by atoms with Crippen molar-refractivity contribution in [1.29, 1.82) is 0 Å². The SMILES string of the molecule is O=C(CNc1ccccc1)OCC1CCCO1. The number of carbonyl (C=O) groups excluding carboxylic acids is 1. The van der Waals surface area contributed by atoms with Crippen LogP contribution in [0, 0.1) is 0 Å². The molecule has 1 aromatic rings. The van der Waals surface area contributed by atoms with Gasteiger partial charge in [0.2, 0.25) is 0 Å². The topological polar surface area (TPSA) is 47.6 Å². The third-order valence-corrected chi connectivity index (χ3v) is 2.66. The third-order valence-electron chi connectivity index (χ3n) is 2.66. The highest BCUT2D eigenvalue weighted by atomic mass is 16.6. The van der Waals surface area contributed by atoms with E-state index < -0.39 is 0 Å².